The molecular formula is C9H9BrN2O4. The van der Waals surface area contributed by atoms with Crippen molar-refractivity contribution in [1.82, 2.24) is 5.48 Å². The first-order valence-corrected chi connectivity index (χ1v) is 5.03. The van der Waals surface area contributed by atoms with Crippen LogP contribution in [0.5, 0.6) is 0 Å². The first kappa shape index (κ1) is 12.5. The van der Waals surface area contributed by atoms with E-state index in [1.165, 1.54) is 0 Å². The lowest BCUT2D eigenvalue weighted by molar-refractivity contribution is -0.143. The fourth-order valence-corrected chi connectivity index (χ4v) is 1.12. The zero-order valence-electron chi connectivity index (χ0n) is 8.07. The molecule has 6 nitrogen and oxygen atoms in total. The van der Waals surface area contributed by atoms with Gasteiger partial charge in [0.1, 0.15) is 0 Å². The molecule has 0 aliphatic rings. The number of halogens is 1. The van der Waals surface area contributed by atoms with Crippen LogP contribution < -0.4 is 10.8 Å². The van der Waals surface area contributed by atoms with E-state index in [1.807, 2.05) is 5.48 Å². The Balaban J connectivity index is 2.34. The summed E-state index contributed by atoms with van der Waals surface area (Å²) in [6.07, 6.45) is 0. The van der Waals surface area contributed by atoms with E-state index in [4.69, 9.17) is 5.11 Å². The van der Waals surface area contributed by atoms with Crippen molar-refractivity contribution in [1.29, 1.82) is 0 Å². The summed E-state index contributed by atoms with van der Waals surface area (Å²) in [7, 11) is 0. The maximum Gasteiger partial charge on any atom is 0.343 e. The molecule has 0 bridgehead atoms. The Morgan fingerprint density at radius 3 is 2.50 bits per heavy atom. The lowest BCUT2D eigenvalue weighted by Gasteiger charge is -2.06. The number of nitrogens with one attached hydrogen (secondary N) is 2. The number of rotatable bonds is 4. The van der Waals surface area contributed by atoms with E-state index in [9.17, 15) is 9.59 Å². The van der Waals surface area contributed by atoms with Crippen LogP contribution in [0.1, 0.15) is 0 Å². The summed E-state index contributed by atoms with van der Waals surface area (Å²) in [4.78, 5) is 25.6. The monoisotopic (exact) mass is 288 g/mol. The molecule has 1 rings (SSSR count). The van der Waals surface area contributed by atoms with Crippen LogP contribution in [0.2, 0.25) is 0 Å². The van der Waals surface area contributed by atoms with Crippen molar-refractivity contribution in [2.75, 3.05) is 11.9 Å². The molecule has 0 unspecified atom stereocenters. The van der Waals surface area contributed by atoms with Gasteiger partial charge in [-0.1, -0.05) is 15.9 Å². The highest BCUT2D eigenvalue weighted by molar-refractivity contribution is 9.10. The molecule has 1 aromatic carbocycles. The summed E-state index contributed by atoms with van der Waals surface area (Å²) in [5.41, 5.74) is 2.50. The average molecular weight is 289 g/mol. The van der Waals surface area contributed by atoms with Crippen LogP contribution in [0.4, 0.5) is 10.5 Å². The first-order valence-electron chi connectivity index (χ1n) is 4.24. The fraction of sp³-hybridized carbons (Fsp3) is 0.111. The van der Waals surface area contributed by atoms with Gasteiger partial charge in [-0.15, -0.1) is 0 Å². The molecule has 0 spiro atoms. The molecule has 7 heteroatoms. The van der Waals surface area contributed by atoms with Crippen LogP contribution in [0.3, 0.4) is 0 Å². The van der Waals surface area contributed by atoms with Crippen LogP contribution in [0, 0.1) is 0 Å². The van der Waals surface area contributed by atoms with Crippen LogP contribution >= 0.6 is 15.9 Å². The Morgan fingerprint density at radius 1 is 1.31 bits per heavy atom. The largest absolute Gasteiger partial charge is 0.479 e. The zero-order chi connectivity index (χ0) is 12.0. The summed E-state index contributed by atoms with van der Waals surface area (Å²) >= 11 is 3.25. The van der Waals surface area contributed by atoms with E-state index >= 15 is 0 Å². The number of hydrogen-bond acceptors (Lipinski definition) is 3. The highest BCUT2D eigenvalue weighted by atomic mass is 79.9. The van der Waals surface area contributed by atoms with Gasteiger partial charge in [0, 0.05) is 10.2 Å². The number of carboxylic acids is 1. The molecule has 3 N–H and O–H groups in total. The van der Waals surface area contributed by atoms with Crippen molar-refractivity contribution in [2.45, 2.75) is 0 Å². The van der Waals surface area contributed by atoms with Gasteiger partial charge in [0.05, 0.1) is 0 Å². The van der Waals surface area contributed by atoms with E-state index < -0.39 is 18.6 Å². The number of hydrogen-bond donors (Lipinski definition) is 3. The van der Waals surface area contributed by atoms with Gasteiger partial charge in [-0.2, -0.15) is 0 Å². The topological polar surface area (TPSA) is 87.7 Å². The molecule has 0 aliphatic heterocycles. The van der Waals surface area contributed by atoms with Gasteiger partial charge in [-0.05, 0) is 24.3 Å². The minimum absolute atomic E-state index is 0.569. The SMILES string of the molecule is O=C(O)CONC(=O)Nc1ccc(Br)cc1. The van der Waals surface area contributed by atoms with Gasteiger partial charge in [0.25, 0.3) is 0 Å². The molecular weight excluding hydrogens is 280 g/mol. The third-order valence-corrected chi connectivity index (χ3v) is 1.99. The Labute approximate surface area is 99.7 Å². The second kappa shape index (κ2) is 6.09. The highest BCUT2D eigenvalue weighted by Crippen LogP contribution is 2.13. The maximum absolute atomic E-state index is 11.1. The molecule has 0 saturated carbocycles. The third-order valence-electron chi connectivity index (χ3n) is 1.46. The Hall–Kier alpha value is -1.60. The number of carboxylic acid groups (broad SMARTS) is 1. The van der Waals surface area contributed by atoms with Gasteiger partial charge in [0.2, 0.25) is 0 Å². The second-order valence-electron chi connectivity index (χ2n) is 2.75. The predicted molar refractivity (Wildman–Crippen MR) is 59.9 cm³/mol. The van der Waals surface area contributed by atoms with Gasteiger partial charge in [-0.25, -0.2) is 15.1 Å². The van der Waals surface area contributed by atoms with Gasteiger partial charge >= 0.3 is 12.0 Å². The van der Waals surface area contributed by atoms with E-state index in [0.717, 1.165) is 4.47 Å². The Morgan fingerprint density at radius 2 is 1.94 bits per heavy atom. The van der Waals surface area contributed by atoms with Crippen molar-refractivity contribution in [3.8, 4) is 0 Å². The molecule has 0 aromatic heterocycles. The maximum atomic E-state index is 11.1. The van der Waals surface area contributed by atoms with E-state index in [0.29, 0.717) is 5.69 Å². The normalized spacial score (nSPS) is 9.56. The van der Waals surface area contributed by atoms with Crippen LogP contribution in [-0.2, 0) is 9.63 Å². The molecule has 0 aliphatic carbocycles. The number of carbonyl (C=O) groups excluding carboxylic acids is 1. The highest BCUT2D eigenvalue weighted by Gasteiger charge is 2.02. The van der Waals surface area contributed by atoms with Gasteiger partial charge < -0.3 is 10.4 Å². The van der Waals surface area contributed by atoms with E-state index in [2.05, 4.69) is 26.1 Å². The molecule has 0 fully saturated rings. The molecule has 0 saturated heterocycles. The van der Waals surface area contributed by atoms with Gasteiger partial charge in [-0.3, -0.25) is 4.84 Å². The lowest BCUT2D eigenvalue weighted by atomic mass is 10.3. The number of amides is 2. The number of benzene rings is 1. The molecule has 0 heterocycles. The summed E-state index contributed by atoms with van der Waals surface area (Å²) in [6, 6.07) is 6.24. The second-order valence-corrected chi connectivity index (χ2v) is 3.66. The van der Waals surface area contributed by atoms with E-state index in [-0.39, 0.29) is 0 Å². The molecule has 0 radical (unpaired) electrons. The summed E-state index contributed by atoms with van der Waals surface area (Å²) in [6.45, 7) is -0.590. The van der Waals surface area contributed by atoms with Gasteiger partial charge in [0.15, 0.2) is 6.61 Å². The van der Waals surface area contributed by atoms with Crippen molar-refractivity contribution in [3.63, 3.8) is 0 Å². The quantitative estimate of drug-likeness (QED) is 0.734. The number of hydroxylamine groups is 1. The minimum Gasteiger partial charge on any atom is -0.479 e. The Bertz CT molecular complexity index is 380. The summed E-state index contributed by atoms with van der Waals surface area (Å²) < 4.78 is 0.889. The molecule has 0 atom stereocenters. The average Bonchev–Trinajstić information content (AvgIpc) is 2.21. The number of carbonyl (C=O) groups is 2. The number of urea groups is 1. The molecule has 86 valence electrons. The number of anilines is 1. The van der Waals surface area contributed by atoms with Crippen molar-refractivity contribution >= 4 is 33.6 Å². The summed E-state index contributed by atoms with van der Waals surface area (Å²) in [5, 5.41) is 10.7. The smallest absolute Gasteiger partial charge is 0.343 e. The van der Waals surface area contributed by atoms with Crippen LogP contribution in [0.25, 0.3) is 0 Å². The van der Waals surface area contributed by atoms with Crippen LogP contribution in [0.15, 0.2) is 28.7 Å². The van der Waals surface area contributed by atoms with Crippen molar-refractivity contribution in [2.24, 2.45) is 0 Å². The number of aliphatic carboxylic acids is 1. The predicted octanol–water partition coefficient (Wildman–Crippen LogP) is 1.59. The molecule has 16 heavy (non-hydrogen) atoms. The fourth-order valence-electron chi connectivity index (χ4n) is 0.853. The molecule has 1 aromatic rings. The first-order chi connectivity index (χ1) is 7.58. The van der Waals surface area contributed by atoms with Crippen molar-refractivity contribution in [3.05, 3.63) is 28.7 Å². The van der Waals surface area contributed by atoms with E-state index in [1.54, 1.807) is 24.3 Å². The molecule has 2 amide bonds. The standard InChI is InChI=1S/C9H9BrN2O4/c10-6-1-3-7(4-2-6)11-9(15)12-16-5-8(13)14/h1-4H,5H2,(H,13,14)(H2,11,12,15). The summed E-state index contributed by atoms with van der Waals surface area (Å²) in [5.74, 6) is -1.16. The Kier molecular flexibility index (Phi) is 4.74. The van der Waals surface area contributed by atoms with Crippen molar-refractivity contribution < 1.29 is 19.5 Å². The third kappa shape index (κ3) is 4.76. The zero-order valence-corrected chi connectivity index (χ0v) is 9.65. The van der Waals surface area contributed by atoms with Crippen LogP contribution in [-0.4, -0.2) is 23.7 Å². The minimum atomic E-state index is -1.16. The lowest BCUT2D eigenvalue weighted by Crippen LogP contribution is -2.30.